The van der Waals surface area contributed by atoms with E-state index < -0.39 is 6.04 Å². The fourth-order valence-electron chi connectivity index (χ4n) is 2.84. The number of methoxy groups -OCH3 is 1. The van der Waals surface area contributed by atoms with Crippen LogP contribution in [-0.4, -0.2) is 41.7 Å². The molecule has 1 unspecified atom stereocenters. The molecule has 0 aliphatic carbocycles. The van der Waals surface area contributed by atoms with E-state index in [2.05, 4.69) is 5.32 Å². The number of halogens is 1. The minimum atomic E-state index is -0.633. The molecule has 0 spiro atoms. The van der Waals surface area contributed by atoms with Gasteiger partial charge >= 0.3 is 0 Å². The third-order valence-electron chi connectivity index (χ3n) is 4.52. The van der Waals surface area contributed by atoms with Crippen LogP contribution in [-0.2, 0) is 21.9 Å². The summed E-state index contributed by atoms with van der Waals surface area (Å²) in [6.07, 6.45) is 0. The van der Waals surface area contributed by atoms with Crippen LogP contribution >= 0.6 is 11.8 Å². The molecule has 0 radical (unpaired) electrons. The molecule has 1 N–H and O–H groups in total. The number of amides is 2. The van der Waals surface area contributed by atoms with Gasteiger partial charge in [0.25, 0.3) is 0 Å². The average molecular weight is 433 g/mol. The maximum atomic E-state index is 13.2. The molecule has 0 heterocycles. The van der Waals surface area contributed by atoms with E-state index in [1.807, 2.05) is 38.1 Å². The Morgan fingerprint density at radius 2 is 1.63 bits per heavy atom. The summed E-state index contributed by atoms with van der Waals surface area (Å²) in [4.78, 5) is 27.0. The predicted octanol–water partition coefficient (Wildman–Crippen LogP) is 4.01. The summed E-state index contributed by atoms with van der Waals surface area (Å²) in [6, 6.07) is 13.0. The fourth-order valence-corrected chi connectivity index (χ4v) is 3.71. The second-order valence-electron chi connectivity index (χ2n) is 7.33. The van der Waals surface area contributed by atoms with Gasteiger partial charge in [-0.1, -0.05) is 24.3 Å². The lowest BCUT2D eigenvalue weighted by Gasteiger charge is -2.29. The number of ether oxygens (including phenoxy) is 1. The SMILES string of the molecule is COc1ccc(CSCC(=O)N(Cc2ccc(F)cc2)C(C)C(=O)NC(C)C)cc1. The molecule has 0 aliphatic heterocycles. The standard InChI is InChI=1S/C23H29FN2O3S/c1-16(2)25-23(28)17(3)26(13-18-5-9-20(24)10-6-18)22(27)15-30-14-19-7-11-21(29-4)12-8-19/h5-12,16-17H,13-15H2,1-4H3,(H,25,28). The molecule has 0 aromatic heterocycles. The van der Waals surface area contributed by atoms with Crippen LogP contribution in [0.25, 0.3) is 0 Å². The minimum absolute atomic E-state index is 0.0211. The van der Waals surface area contributed by atoms with Gasteiger partial charge in [-0.05, 0) is 56.2 Å². The summed E-state index contributed by atoms with van der Waals surface area (Å²) < 4.78 is 18.4. The van der Waals surface area contributed by atoms with E-state index in [0.29, 0.717) is 5.75 Å². The van der Waals surface area contributed by atoms with Gasteiger partial charge in [-0.15, -0.1) is 11.8 Å². The van der Waals surface area contributed by atoms with E-state index in [9.17, 15) is 14.0 Å². The van der Waals surface area contributed by atoms with Crippen molar-refractivity contribution in [2.45, 2.75) is 45.2 Å². The number of hydrogen-bond acceptors (Lipinski definition) is 4. The van der Waals surface area contributed by atoms with Gasteiger partial charge in [0.05, 0.1) is 12.9 Å². The molecule has 5 nitrogen and oxygen atoms in total. The van der Waals surface area contributed by atoms with Crippen LogP contribution in [0.15, 0.2) is 48.5 Å². The first-order chi connectivity index (χ1) is 14.3. The predicted molar refractivity (Wildman–Crippen MR) is 119 cm³/mol. The molecule has 0 bridgehead atoms. The zero-order valence-electron chi connectivity index (χ0n) is 17.9. The van der Waals surface area contributed by atoms with Crippen molar-refractivity contribution in [1.29, 1.82) is 0 Å². The topological polar surface area (TPSA) is 58.6 Å². The first kappa shape index (κ1) is 23.7. The lowest BCUT2D eigenvalue weighted by molar-refractivity contribution is -0.138. The molecule has 2 aromatic carbocycles. The molecule has 0 aliphatic rings. The van der Waals surface area contributed by atoms with Crippen LogP contribution in [0.4, 0.5) is 4.39 Å². The zero-order chi connectivity index (χ0) is 22.1. The van der Waals surface area contributed by atoms with Crippen molar-refractivity contribution < 1.29 is 18.7 Å². The Bertz CT molecular complexity index is 825. The molecule has 30 heavy (non-hydrogen) atoms. The number of carbonyl (C=O) groups excluding carboxylic acids is 2. The molecule has 0 saturated heterocycles. The summed E-state index contributed by atoms with van der Waals surface area (Å²) in [5, 5.41) is 2.85. The molecule has 7 heteroatoms. The van der Waals surface area contributed by atoms with Crippen molar-refractivity contribution in [3.8, 4) is 5.75 Å². The molecule has 2 amide bonds. The number of carbonyl (C=O) groups is 2. The van der Waals surface area contributed by atoms with Gasteiger partial charge in [-0.25, -0.2) is 4.39 Å². The van der Waals surface area contributed by atoms with E-state index >= 15 is 0 Å². The Balaban J connectivity index is 2.04. The van der Waals surface area contributed by atoms with Crippen molar-refractivity contribution in [2.75, 3.05) is 12.9 Å². The van der Waals surface area contributed by atoms with Crippen molar-refractivity contribution in [1.82, 2.24) is 10.2 Å². The van der Waals surface area contributed by atoms with Gasteiger partial charge in [0, 0.05) is 18.3 Å². The normalized spacial score (nSPS) is 11.8. The largest absolute Gasteiger partial charge is 0.497 e. The molecule has 0 saturated carbocycles. The lowest BCUT2D eigenvalue weighted by Crippen LogP contribution is -2.49. The van der Waals surface area contributed by atoms with E-state index in [1.54, 1.807) is 31.1 Å². The lowest BCUT2D eigenvalue weighted by atomic mass is 10.1. The Morgan fingerprint density at radius 3 is 2.20 bits per heavy atom. The monoisotopic (exact) mass is 432 g/mol. The molecular weight excluding hydrogens is 403 g/mol. The van der Waals surface area contributed by atoms with Gasteiger partial charge in [0.1, 0.15) is 17.6 Å². The van der Waals surface area contributed by atoms with Gasteiger partial charge in [-0.3, -0.25) is 9.59 Å². The Kier molecular flexibility index (Phi) is 9.17. The first-order valence-electron chi connectivity index (χ1n) is 9.85. The highest BCUT2D eigenvalue weighted by molar-refractivity contribution is 7.99. The van der Waals surface area contributed by atoms with Crippen molar-refractivity contribution >= 4 is 23.6 Å². The highest BCUT2D eigenvalue weighted by atomic mass is 32.2. The molecule has 2 aromatic rings. The third-order valence-corrected chi connectivity index (χ3v) is 5.51. The summed E-state index contributed by atoms with van der Waals surface area (Å²) in [5.41, 5.74) is 1.86. The fraction of sp³-hybridized carbons (Fsp3) is 0.391. The highest BCUT2D eigenvalue weighted by Gasteiger charge is 2.26. The summed E-state index contributed by atoms with van der Waals surface area (Å²) >= 11 is 1.49. The van der Waals surface area contributed by atoms with E-state index in [-0.39, 0.29) is 36.0 Å². The van der Waals surface area contributed by atoms with Crippen LogP contribution < -0.4 is 10.1 Å². The quantitative estimate of drug-likeness (QED) is 0.616. The third kappa shape index (κ3) is 7.37. The number of nitrogens with zero attached hydrogens (tertiary/aromatic N) is 1. The second-order valence-corrected chi connectivity index (χ2v) is 8.31. The summed E-state index contributed by atoms with van der Waals surface area (Å²) in [7, 11) is 1.62. The van der Waals surface area contributed by atoms with Gasteiger partial charge in [-0.2, -0.15) is 0 Å². The molecule has 0 fully saturated rings. The smallest absolute Gasteiger partial charge is 0.242 e. The van der Waals surface area contributed by atoms with Crippen LogP contribution in [0.1, 0.15) is 31.9 Å². The average Bonchev–Trinajstić information content (AvgIpc) is 2.72. The molecule has 162 valence electrons. The van der Waals surface area contributed by atoms with Gasteiger partial charge < -0.3 is 15.0 Å². The number of thioether (sulfide) groups is 1. The molecule has 2 rings (SSSR count). The molecule has 1 atom stereocenters. The van der Waals surface area contributed by atoms with Crippen molar-refractivity contribution in [2.24, 2.45) is 0 Å². The Hall–Kier alpha value is -2.54. The number of hydrogen-bond donors (Lipinski definition) is 1. The van der Waals surface area contributed by atoms with E-state index in [4.69, 9.17) is 4.74 Å². The molecular formula is C23H29FN2O3S. The van der Waals surface area contributed by atoms with E-state index in [0.717, 1.165) is 16.9 Å². The highest BCUT2D eigenvalue weighted by Crippen LogP contribution is 2.18. The minimum Gasteiger partial charge on any atom is -0.497 e. The van der Waals surface area contributed by atoms with Gasteiger partial charge in [0.15, 0.2) is 0 Å². The first-order valence-corrected chi connectivity index (χ1v) is 11.0. The van der Waals surface area contributed by atoms with Crippen LogP contribution in [0.3, 0.4) is 0 Å². The number of rotatable bonds is 10. The second kappa shape index (κ2) is 11.6. The Morgan fingerprint density at radius 1 is 1.03 bits per heavy atom. The van der Waals surface area contributed by atoms with E-state index in [1.165, 1.54) is 23.9 Å². The Labute approximate surface area is 182 Å². The summed E-state index contributed by atoms with van der Waals surface area (Å²) in [5.74, 6) is 1.02. The number of benzene rings is 2. The maximum Gasteiger partial charge on any atom is 0.242 e. The maximum absolute atomic E-state index is 13.2. The van der Waals surface area contributed by atoms with Crippen LogP contribution in [0.5, 0.6) is 5.75 Å². The van der Waals surface area contributed by atoms with Crippen LogP contribution in [0, 0.1) is 5.82 Å². The van der Waals surface area contributed by atoms with Crippen molar-refractivity contribution in [3.63, 3.8) is 0 Å². The summed E-state index contributed by atoms with van der Waals surface area (Å²) in [6.45, 7) is 5.71. The van der Waals surface area contributed by atoms with Crippen molar-refractivity contribution in [3.05, 3.63) is 65.5 Å². The zero-order valence-corrected chi connectivity index (χ0v) is 18.7. The van der Waals surface area contributed by atoms with Crippen LogP contribution in [0.2, 0.25) is 0 Å². The number of nitrogens with one attached hydrogen (secondary N) is 1. The van der Waals surface area contributed by atoms with Gasteiger partial charge in [0.2, 0.25) is 11.8 Å².